The fraction of sp³-hybridized carbons (Fsp3) is 0.533. The van der Waals surface area contributed by atoms with Gasteiger partial charge < -0.3 is 15.4 Å². The molecule has 1 heterocycles. The van der Waals surface area contributed by atoms with E-state index in [4.69, 9.17) is 4.74 Å². The lowest BCUT2D eigenvalue weighted by Crippen LogP contribution is -2.43. The van der Waals surface area contributed by atoms with Crippen LogP contribution in [0.4, 0.5) is 0 Å². The lowest BCUT2D eigenvalue weighted by atomic mass is 10.1. The van der Waals surface area contributed by atoms with Gasteiger partial charge in [0.15, 0.2) is 0 Å². The minimum Gasteiger partial charge on any atom is -0.378 e. The fourth-order valence-corrected chi connectivity index (χ4v) is 3.01. The summed E-state index contributed by atoms with van der Waals surface area (Å²) in [5.74, 6) is 0.00505. The summed E-state index contributed by atoms with van der Waals surface area (Å²) in [6, 6.07) is 6.13. The topological polar surface area (TPSA) is 50.4 Å². The number of ether oxygens (including phenoxy) is 1. The summed E-state index contributed by atoms with van der Waals surface area (Å²) in [6.07, 6.45) is 3.52. The third-order valence-electron chi connectivity index (χ3n) is 4.14. The average Bonchev–Trinajstić information content (AvgIpc) is 3.05. The largest absolute Gasteiger partial charge is 0.378 e. The van der Waals surface area contributed by atoms with Crippen LogP contribution in [0.3, 0.4) is 0 Å². The van der Waals surface area contributed by atoms with Crippen LogP contribution in [0.1, 0.15) is 27.9 Å². The van der Waals surface area contributed by atoms with E-state index in [-0.39, 0.29) is 30.5 Å². The Labute approximate surface area is 125 Å². The Morgan fingerprint density at radius 1 is 1.30 bits per heavy atom. The number of carbonyl (C=O) groups excluding carboxylic acids is 1. The fourth-order valence-electron chi connectivity index (χ4n) is 3.01. The van der Waals surface area contributed by atoms with Crippen molar-refractivity contribution in [2.24, 2.45) is 0 Å². The molecule has 2 N–H and O–H groups in total. The molecule has 1 amide bonds. The second kappa shape index (κ2) is 6.57. The van der Waals surface area contributed by atoms with Gasteiger partial charge in [-0.15, -0.1) is 12.4 Å². The van der Waals surface area contributed by atoms with Crippen LogP contribution in [-0.4, -0.2) is 38.3 Å². The van der Waals surface area contributed by atoms with Crippen LogP contribution in [-0.2, 0) is 17.6 Å². The number of nitrogens with one attached hydrogen (secondary N) is 2. The highest BCUT2D eigenvalue weighted by Crippen LogP contribution is 2.22. The molecule has 0 radical (unpaired) electrons. The van der Waals surface area contributed by atoms with Crippen molar-refractivity contribution in [2.75, 3.05) is 20.2 Å². The average molecular weight is 297 g/mol. The third kappa shape index (κ3) is 2.97. The highest BCUT2D eigenvalue weighted by molar-refractivity contribution is 5.94. The Kier molecular flexibility index (Phi) is 5.02. The third-order valence-corrected chi connectivity index (χ3v) is 4.14. The molecule has 1 saturated heterocycles. The molecule has 3 rings (SSSR count). The zero-order valence-corrected chi connectivity index (χ0v) is 12.5. The van der Waals surface area contributed by atoms with Gasteiger partial charge in [0, 0.05) is 25.8 Å². The van der Waals surface area contributed by atoms with Gasteiger partial charge in [-0.1, -0.05) is 6.07 Å². The number of methoxy groups -OCH3 is 1. The first-order valence-electron chi connectivity index (χ1n) is 6.94. The molecule has 110 valence electrons. The number of rotatable bonds is 3. The number of hydrogen-bond donors (Lipinski definition) is 2. The molecule has 1 aliphatic carbocycles. The number of hydrogen-bond acceptors (Lipinski definition) is 3. The molecule has 2 aliphatic rings. The van der Waals surface area contributed by atoms with Crippen molar-refractivity contribution in [1.82, 2.24) is 10.6 Å². The Morgan fingerprint density at radius 2 is 2.10 bits per heavy atom. The van der Waals surface area contributed by atoms with Gasteiger partial charge in [-0.25, -0.2) is 0 Å². The van der Waals surface area contributed by atoms with Gasteiger partial charge >= 0.3 is 0 Å². The van der Waals surface area contributed by atoms with E-state index in [9.17, 15) is 4.79 Å². The number of halogens is 1. The lowest BCUT2D eigenvalue weighted by Gasteiger charge is -2.18. The monoisotopic (exact) mass is 296 g/mol. The summed E-state index contributed by atoms with van der Waals surface area (Å²) >= 11 is 0. The molecule has 1 aliphatic heterocycles. The lowest BCUT2D eigenvalue weighted by molar-refractivity contribution is 0.0780. The predicted molar refractivity (Wildman–Crippen MR) is 80.6 cm³/mol. The molecule has 2 atom stereocenters. The van der Waals surface area contributed by atoms with Gasteiger partial charge in [0.25, 0.3) is 5.91 Å². The molecule has 0 spiro atoms. The summed E-state index contributed by atoms with van der Waals surface area (Å²) in [6.45, 7) is 1.57. The van der Waals surface area contributed by atoms with E-state index in [0.29, 0.717) is 0 Å². The zero-order chi connectivity index (χ0) is 13.2. The maximum Gasteiger partial charge on any atom is 0.251 e. The van der Waals surface area contributed by atoms with Gasteiger partial charge in [0.2, 0.25) is 0 Å². The normalized spacial score (nSPS) is 24.1. The van der Waals surface area contributed by atoms with Gasteiger partial charge in [0.1, 0.15) is 0 Å². The van der Waals surface area contributed by atoms with Crippen LogP contribution in [0, 0.1) is 0 Å². The van der Waals surface area contributed by atoms with E-state index >= 15 is 0 Å². The highest BCUT2D eigenvalue weighted by Gasteiger charge is 2.28. The molecule has 1 aromatic rings. The second-order valence-electron chi connectivity index (χ2n) is 5.35. The smallest absolute Gasteiger partial charge is 0.251 e. The van der Waals surface area contributed by atoms with E-state index in [2.05, 4.69) is 16.7 Å². The van der Waals surface area contributed by atoms with Gasteiger partial charge in [0.05, 0.1) is 12.1 Å². The van der Waals surface area contributed by atoms with Gasteiger partial charge in [-0.2, -0.15) is 0 Å². The Bertz CT molecular complexity index is 493. The first kappa shape index (κ1) is 15.3. The summed E-state index contributed by atoms with van der Waals surface area (Å²) in [4.78, 5) is 12.3. The van der Waals surface area contributed by atoms with Crippen molar-refractivity contribution in [3.05, 3.63) is 34.9 Å². The Morgan fingerprint density at radius 3 is 2.90 bits per heavy atom. The van der Waals surface area contributed by atoms with Crippen LogP contribution >= 0.6 is 12.4 Å². The number of benzene rings is 1. The van der Waals surface area contributed by atoms with Crippen LogP contribution in [0.15, 0.2) is 18.2 Å². The Hall–Kier alpha value is -1.10. The first-order chi connectivity index (χ1) is 9.28. The van der Waals surface area contributed by atoms with E-state index in [1.165, 1.54) is 17.5 Å². The quantitative estimate of drug-likeness (QED) is 0.884. The minimum absolute atomic E-state index is 0. The van der Waals surface area contributed by atoms with Crippen LogP contribution in [0.25, 0.3) is 0 Å². The van der Waals surface area contributed by atoms with E-state index in [1.54, 1.807) is 7.11 Å². The molecular formula is C15H21ClN2O2. The van der Waals surface area contributed by atoms with Crippen molar-refractivity contribution in [3.63, 3.8) is 0 Å². The van der Waals surface area contributed by atoms with Gasteiger partial charge in [-0.05, 0) is 42.5 Å². The molecule has 4 nitrogen and oxygen atoms in total. The summed E-state index contributed by atoms with van der Waals surface area (Å²) in [5.41, 5.74) is 3.50. The second-order valence-corrected chi connectivity index (χ2v) is 5.35. The Balaban J connectivity index is 0.00000147. The van der Waals surface area contributed by atoms with E-state index < -0.39 is 0 Å². The van der Waals surface area contributed by atoms with Crippen molar-refractivity contribution >= 4 is 18.3 Å². The van der Waals surface area contributed by atoms with Gasteiger partial charge in [-0.3, -0.25) is 4.79 Å². The number of aryl methyl sites for hydroxylation is 2. The molecule has 5 heteroatoms. The summed E-state index contributed by atoms with van der Waals surface area (Å²) in [5, 5.41) is 6.29. The molecular weight excluding hydrogens is 276 g/mol. The predicted octanol–water partition coefficient (Wildman–Crippen LogP) is 1.31. The molecule has 1 aromatic carbocycles. The number of fused-ring (bicyclic) bond motifs is 1. The van der Waals surface area contributed by atoms with Crippen molar-refractivity contribution < 1.29 is 9.53 Å². The molecule has 0 unspecified atom stereocenters. The van der Waals surface area contributed by atoms with Crippen molar-refractivity contribution in [3.8, 4) is 0 Å². The molecule has 0 bridgehead atoms. The van der Waals surface area contributed by atoms with E-state index in [1.807, 2.05) is 12.1 Å². The SMILES string of the molecule is CO[C@H]1CNC[C@@H]1NC(=O)c1ccc2c(c1)CCC2.Cl. The van der Waals surface area contributed by atoms with Crippen molar-refractivity contribution in [1.29, 1.82) is 0 Å². The highest BCUT2D eigenvalue weighted by atomic mass is 35.5. The molecule has 0 saturated carbocycles. The maximum atomic E-state index is 12.3. The molecule has 0 aromatic heterocycles. The zero-order valence-electron chi connectivity index (χ0n) is 11.6. The molecule has 1 fully saturated rings. The maximum absolute atomic E-state index is 12.3. The van der Waals surface area contributed by atoms with Crippen LogP contribution in [0.2, 0.25) is 0 Å². The van der Waals surface area contributed by atoms with Crippen LogP contribution in [0.5, 0.6) is 0 Å². The minimum atomic E-state index is 0. The number of carbonyl (C=O) groups is 1. The van der Waals surface area contributed by atoms with E-state index in [0.717, 1.165) is 31.5 Å². The number of amides is 1. The van der Waals surface area contributed by atoms with Crippen molar-refractivity contribution in [2.45, 2.75) is 31.4 Å². The summed E-state index contributed by atoms with van der Waals surface area (Å²) < 4.78 is 5.36. The standard InChI is InChI=1S/C15H20N2O2.ClH/c1-19-14-9-16-8-13(14)17-15(18)12-6-5-10-3-2-4-11(10)7-12;/h5-7,13-14,16H,2-4,8-9H2,1H3,(H,17,18);1H/t13-,14-;/m0./s1. The molecule has 20 heavy (non-hydrogen) atoms. The summed E-state index contributed by atoms with van der Waals surface area (Å²) in [7, 11) is 1.69. The first-order valence-corrected chi connectivity index (χ1v) is 6.94. The van der Waals surface area contributed by atoms with Crippen LogP contribution < -0.4 is 10.6 Å².